The molecule has 0 bridgehead atoms. The highest BCUT2D eigenvalue weighted by molar-refractivity contribution is 7.89. The third-order valence-electron chi connectivity index (χ3n) is 3.90. The minimum absolute atomic E-state index is 0.0124. The van der Waals surface area contributed by atoms with Crippen molar-refractivity contribution in [2.75, 3.05) is 0 Å². The summed E-state index contributed by atoms with van der Waals surface area (Å²) in [6, 6.07) is 10.2. The number of halogens is 3. The fourth-order valence-electron chi connectivity index (χ4n) is 2.51. The van der Waals surface area contributed by atoms with E-state index in [4.69, 9.17) is 5.14 Å². The van der Waals surface area contributed by atoms with Gasteiger partial charge in [0.15, 0.2) is 5.69 Å². The van der Waals surface area contributed by atoms with Gasteiger partial charge in [-0.05, 0) is 61.0 Å². The van der Waals surface area contributed by atoms with Crippen molar-refractivity contribution in [2.45, 2.75) is 18.0 Å². The molecule has 10 heteroatoms. The Labute approximate surface area is 152 Å². The normalized spacial score (nSPS) is 12.3. The van der Waals surface area contributed by atoms with Crippen LogP contribution >= 0.6 is 0 Å². The SMILES string of the molecule is Cc1cc(-c2cc(C(F)(F)F)nn2-c2ccc(S(N)(=O)=O)cc2)ccc1O. The van der Waals surface area contributed by atoms with Crippen LogP contribution in [0.25, 0.3) is 16.9 Å². The number of hydrogen-bond donors (Lipinski definition) is 2. The second-order valence-corrected chi connectivity index (χ2v) is 7.43. The molecule has 0 radical (unpaired) electrons. The van der Waals surface area contributed by atoms with E-state index in [1.807, 2.05) is 0 Å². The molecule has 27 heavy (non-hydrogen) atoms. The molecule has 1 aromatic heterocycles. The van der Waals surface area contributed by atoms with Crippen LogP contribution in [-0.4, -0.2) is 23.3 Å². The monoisotopic (exact) mass is 397 g/mol. The van der Waals surface area contributed by atoms with E-state index in [1.165, 1.54) is 42.5 Å². The number of primary sulfonamides is 1. The molecule has 0 spiro atoms. The van der Waals surface area contributed by atoms with E-state index in [-0.39, 0.29) is 22.0 Å². The quantitative estimate of drug-likeness (QED) is 0.709. The Morgan fingerprint density at radius 3 is 2.22 bits per heavy atom. The molecule has 0 atom stereocenters. The van der Waals surface area contributed by atoms with E-state index in [0.717, 1.165) is 10.7 Å². The first-order valence-corrected chi connectivity index (χ1v) is 9.12. The Balaban J connectivity index is 2.19. The first kappa shape index (κ1) is 18.9. The van der Waals surface area contributed by atoms with Gasteiger partial charge in [-0.15, -0.1) is 0 Å². The lowest BCUT2D eigenvalue weighted by atomic mass is 10.1. The van der Waals surface area contributed by atoms with Gasteiger partial charge in [0.05, 0.1) is 16.3 Å². The first-order chi connectivity index (χ1) is 12.5. The lowest BCUT2D eigenvalue weighted by molar-refractivity contribution is -0.141. The molecule has 142 valence electrons. The Morgan fingerprint density at radius 1 is 1.07 bits per heavy atom. The number of benzene rings is 2. The van der Waals surface area contributed by atoms with E-state index in [9.17, 15) is 26.7 Å². The Hall–Kier alpha value is -2.85. The number of sulfonamides is 1. The molecule has 1 heterocycles. The lowest BCUT2D eigenvalue weighted by Crippen LogP contribution is -2.12. The van der Waals surface area contributed by atoms with Crippen molar-refractivity contribution >= 4 is 10.0 Å². The third kappa shape index (κ3) is 3.81. The summed E-state index contributed by atoms with van der Waals surface area (Å²) in [4.78, 5) is -0.170. The Morgan fingerprint density at radius 2 is 1.70 bits per heavy atom. The molecule has 0 fully saturated rings. The minimum atomic E-state index is -4.66. The highest BCUT2D eigenvalue weighted by atomic mass is 32.2. The van der Waals surface area contributed by atoms with Crippen molar-refractivity contribution in [3.63, 3.8) is 0 Å². The largest absolute Gasteiger partial charge is 0.508 e. The van der Waals surface area contributed by atoms with Gasteiger partial charge in [0.1, 0.15) is 5.75 Å². The molecular weight excluding hydrogens is 383 g/mol. The van der Waals surface area contributed by atoms with E-state index >= 15 is 0 Å². The fourth-order valence-corrected chi connectivity index (χ4v) is 3.03. The standard InChI is InChI=1S/C17H14F3N3O3S/c1-10-8-11(2-7-15(10)24)14-9-16(17(18,19)20)22-23(14)12-3-5-13(6-4-12)27(21,25)26/h2-9,24H,1H3,(H2,21,25,26). The number of phenolic OH excluding ortho intramolecular Hbond substituents is 1. The molecule has 0 amide bonds. The van der Waals surface area contributed by atoms with Crippen molar-refractivity contribution in [1.82, 2.24) is 9.78 Å². The van der Waals surface area contributed by atoms with Gasteiger partial charge in [0, 0.05) is 5.56 Å². The van der Waals surface area contributed by atoms with Gasteiger partial charge >= 0.3 is 6.18 Å². The zero-order chi connectivity index (χ0) is 20.0. The lowest BCUT2D eigenvalue weighted by Gasteiger charge is -2.09. The number of rotatable bonds is 3. The van der Waals surface area contributed by atoms with Crippen LogP contribution < -0.4 is 5.14 Å². The van der Waals surface area contributed by atoms with Crippen molar-refractivity contribution < 1.29 is 26.7 Å². The van der Waals surface area contributed by atoms with Crippen LogP contribution in [0.15, 0.2) is 53.4 Å². The number of nitrogens with two attached hydrogens (primary N) is 1. The van der Waals surface area contributed by atoms with Gasteiger partial charge < -0.3 is 5.11 Å². The van der Waals surface area contributed by atoms with Crippen LogP contribution in [0.3, 0.4) is 0 Å². The van der Waals surface area contributed by atoms with Crippen molar-refractivity contribution in [2.24, 2.45) is 5.14 Å². The molecule has 3 rings (SSSR count). The van der Waals surface area contributed by atoms with Crippen LogP contribution in [0.5, 0.6) is 5.75 Å². The number of phenols is 1. The molecule has 2 aromatic carbocycles. The summed E-state index contributed by atoms with van der Waals surface area (Å²) in [7, 11) is -3.93. The van der Waals surface area contributed by atoms with Gasteiger partial charge in [0.2, 0.25) is 10.0 Å². The smallest absolute Gasteiger partial charge is 0.435 e. The zero-order valence-electron chi connectivity index (χ0n) is 13.9. The van der Waals surface area contributed by atoms with Crippen molar-refractivity contribution in [3.8, 4) is 22.7 Å². The molecule has 0 aliphatic rings. The summed E-state index contributed by atoms with van der Waals surface area (Å²) in [6.45, 7) is 1.62. The average Bonchev–Trinajstić information content (AvgIpc) is 3.02. The summed E-state index contributed by atoms with van der Waals surface area (Å²) in [5.74, 6) is 0.0124. The number of aromatic hydroxyl groups is 1. The molecule has 0 saturated carbocycles. The van der Waals surface area contributed by atoms with Crippen molar-refractivity contribution in [1.29, 1.82) is 0 Å². The van der Waals surface area contributed by atoms with Gasteiger partial charge in [-0.1, -0.05) is 0 Å². The highest BCUT2D eigenvalue weighted by Crippen LogP contribution is 2.34. The number of alkyl halides is 3. The van der Waals surface area contributed by atoms with Gasteiger partial charge in [0.25, 0.3) is 0 Å². The van der Waals surface area contributed by atoms with Crippen LogP contribution in [0.2, 0.25) is 0 Å². The maximum atomic E-state index is 13.2. The average molecular weight is 397 g/mol. The maximum Gasteiger partial charge on any atom is 0.435 e. The van der Waals surface area contributed by atoms with Crippen LogP contribution in [0.4, 0.5) is 13.2 Å². The molecule has 3 N–H and O–H groups in total. The topological polar surface area (TPSA) is 98.2 Å². The van der Waals surface area contributed by atoms with Gasteiger partial charge in [-0.25, -0.2) is 18.2 Å². The predicted octanol–water partition coefficient (Wildman–Crippen LogP) is 3.22. The van der Waals surface area contributed by atoms with Gasteiger partial charge in [-0.3, -0.25) is 0 Å². The molecule has 0 unspecified atom stereocenters. The van der Waals surface area contributed by atoms with Crippen molar-refractivity contribution in [3.05, 3.63) is 59.8 Å². The van der Waals surface area contributed by atoms with Gasteiger partial charge in [-0.2, -0.15) is 18.3 Å². The summed E-state index contributed by atoms with van der Waals surface area (Å²) in [6.07, 6.45) is -4.66. The number of aromatic nitrogens is 2. The fraction of sp³-hybridized carbons (Fsp3) is 0.118. The van der Waals surface area contributed by atoms with E-state index < -0.39 is 21.9 Å². The van der Waals surface area contributed by atoms with E-state index in [0.29, 0.717) is 11.1 Å². The molecule has 0 aliphatic carbocycles. The van der Waals surface area contributed by atoms with E-state index in [2.05, 4.69) is 5.10 Å². The third-order valence-corrected chi connectivity index (χ3v) is 4.83. The maximum absolute atomic E-state index is 13.2. The summed E-state index contributed by atoms with van der Waals surface area (Å²) < 4.78 is 63.3. The second kappa shape index (κ2) is 6.39. The molecule has 0 saturated heterocycles. The summed E-state index contributed by atoms with van der Waals surface area (Å²) >= 11 is 0. The predicted molar refractivity (Wildman–Crippen MR) is 91.8 cm³/mol. The highest BCUT2D eigenvalue weighted by Gasteiger charge is 2.35. The molecule has 0 aliphatic heterocycles. The summed E-state index contributed by atoms with van der Waals surface area (Å²) in [5, 5.41) is 18.3. The molecular formula is C17H14F3N3O3S. The van der Waals surface area contributed by atoms with Crippen LogP contribution in [0, 0.1) is 6.92 Å². The van der Waals surface area contributed by atoms with Crippen LogP contribution in [0.1, 0.15) is 11.3 Å². The Kier molecular flexibility index (Phi) is 4.48. The number of nitrogens with zero attached hydrogens (tertiary/aromatic N) is 2. The number of hydrogen-bond acceptors (Lipinski definition) is 4. The zero-order valence-corrected chi connectivity index (χ0v) is 14.7. The van der Waals surface area contributed by atoms with Crippen LogP contribution in [-0.2, 0) is 16.2 Å². The summed E-state index contributed by atoms with van der Waals surface area (Å²) in [5.41, 5.74) is 0.147. The molecule has 3 aromatic rings. The minimum Gasteiger partial charge on any atom is -0.508 e. The Bertz CT molecular complexity index is 1100. The van der Waals surface area contributed by atoms with E-state index in [1.54, 1.807) is 6.92 Å². The second-order valence-electron chi connectivity index (χ2n) is 5.86. The first-order valence-electron chi connectivity index (χ1n) is 7.57. The number of aryl methyl sites for hydroxylation is 1. The molecule has 6 nitrogen and oxygen atoms in total.